The van der Waals surface area contributed by atoms with Crippen LogP contribution in [0.4, 0.5) is 0 Å². The first-order valence-corrected chi connectivity index (χ1v) is 7.84. The van der Waals surface area contributed by atoms with Crippen molar-refractivity contribution in [1.82, 2.24) is 0 Å². The second-order valence-electron chi connectivity index (χ2n) is 5.56. The van der Waals surface area contributed by atoms with Gasteiger partial charge in [0.1, 0.15) is 23.9 Å². The second kappa shape index (κ2) is 8.72. The number of benzene rings is 3. The molecule has 0 aromatic heterocycles. The van der Waals surface area contributed by atoms with Gasteiger partial charge in [0.2, 0.25) is 0 Å². The molecule has 0 aliphatic rings. The van der Waals surface area contributed by atoms with Gasteiger partial charge in [-0.1, -0.05) is 43.8 Å². The van der Waals surface area contributed by atoms with Crippen molar-refractivity contribution in [2.24, 2.45) is 0 Å². The number of aldehydes is 1. The largest absolute Gasteiger partial charge is 0.507 e. The smallest absolute Gasteiger partial charge is 0.153 e. The summed E-state index contributed by atoms with van der Waals surface area (Å²) in [5.41, 5.74) is 3.43. The molecule has 3 aromatic rings. The van der Waals surface area contributed by atoms with Gasteiger partial charge in [-0.05, 0) is 41.0 Å². The van der Waals surface area contributed by atoms with Gasteiger partial charge in [0.05, 0.1) is 12.7 Å². The number of carbonyl (C=O) groups excluding carboxylic acids is 1. The number of carbonyl (C=O) groups is 1. The monoisotopic (exact) mass is 350 g/mol. The van der Waals surface area contributed by atoms with Crippen LogP contribution in [0, 0.1) is 0 Å². The van der Waals surface area contributed by atoms with Crippen molar-refractivity contribution in [2.75, 3.05) is 7.11 Å². The maximum absolute atomic E-state index is 10.7. The standard InChI is InChI=1S/C21H18O4.CH4/c1-24-19-4-2-3-17(11-19)16-7-5-15(6-8-16)14-25-20-10-9-18(13-22)21(23)12-20;/h2-13,23H,14H2,1H3;1H4. The molecule has 26 heavy (non-hydrogen) atoms. The molecule has 0 atom stereocenters. The van der Waals surface area contributed by atoms with Crippen LogP contribution in [0.5, 0.6) is 17.2 Å². The Morgan fingerprint density at radius 2 is 1.69 bits per heavy atom. The number of hydrogen-bond acceptors (Lipinski definition) is 4. The van der Waals surface area contributed by atoms with Gasteiger partial charge < -0.3 is 14.6 Å². The summed E-state index contributed by atoms with van der Waals surface area (Å²) < 4.78 is 10.9. The quantitative estimate of drug-likeness (QED) is 0.629. The van der Waals surface area contributed by atoms with Gasteiger partial charge in [0.15, 0.2) is 6.29 Å². The van der Waals surface area contributed by atoms with E-state index in [2.05, 4.69) is 0 Å². The van der Waals surface area contributed by atoms with E-state index in [0.29, 0.717) is 18.6 Å². The first kappa shape index (κ1) is 19.1. The zero-order chi connectivity index (χ0) is 17.6. The lowest BCUT2D eigenvalue weighted by Gasteiger charge is -2.09. The summed E-state index contributed by atoms with van der Waals surface area (Å²) in [6.07, 6.45) is 0.608. The fourth-order valence-corrected chi connectivity index (χ4v) is 2.48. The Labute approximate surface area is 153 Å². The third kappa shape index (κ3) is 4.42. The van der Waals surface area contributed by atoms with Crippen molar-refractivity contribution < 1.29 is 19.4 Å². The van der Waals surface area contributed by atoms with Crippen LogP contribution in [0.2, 0.25) is 0 Å². The van der Waals surface area contributed by atoms with Gasteiger partial charge in [-0.15, -0.1) is 0 Å². The van der Waals surface area contributed by atoms with E-state index in [9.17, 15) is 9.90 Å². The van der Waals surface area contributed by atoms with Crippen molar-refractivity contribution in [1.29, 1.82) is 0 Å². The Morgan fingerprint density at radius 3 is 2.35 bits per heavy atom. The van der Waals surface area contributed by atoms with Crippen LogP contribution in [0.25, 0.3) is 11.1 Å². The topological polar surface area (TPSA) is 55.8 Å². The Balaban J connectivity index is 0.00000243. The van der Waals surface area contributed by atoms with Crippen molar-refractivity contribution in [3.8, 4) is 28.4 Å². The predicted molar refractivity (Wildman–Crippen MR) is 103 cm³/mol. The fourth-order valence-electron chi connectivity index (χ4n) is 2.48. The number of methoxy groups -OCH3 is 1. The molecule has 0 unspecified atom stereocenters. The molecule has 0 heterocycles. The van der Waals surface area contributed by atoms with E-state index in [-0.39, 0.29) is 18.7 Å². The summed E-state index contributed by atoms with van der Waals surface area (Å²) in [6, 6.07) is 20.6. The molecule has 1 N–H and O–H groups in total. The highest BCUT2D eigenvalue weighted by Gasteiger charge is 2.04. The number of hydrogen-bond donors (Lipinski definition) is 1. The van der Waals surface area contributed by atoms with Gasteiger partial charge in [0.25, 0.3) is 0 Å². The van der Waals surface area contributed by atoms with Crippen LogP contribution in [0.1, 0.15) is 23.3 Å². The highest BCUT2D eigenvalue weighted by atomic mass is 16.5. The molecule has 0 spiro atoms. The first-order valence-electron chi connectivity index (χ1n) is 7.84. The Kier molecular flexibility index (Phi) is 6.39. The van der Waals surface area contributed by atoms with Crippen LogP contribution < -0.4 is 9.47 Å². The van der Waals surface area contributed by atoms with Crippen LogP contribution in [0.15, 0.2) is 66.7 Å². The van der Waals surface area contributed by atoms with E-state index >= 15 is 0 Å². The average molecular weight is 350 g/mol. The molecule has 0 amide bonds. The predicted octanol–water partition coefficient (Wildman–Crippen LogP) is 5.10. The minimum absolute atomic E-state index is 0. The van der Waals surface area contributed by atoms with Crippen LogP contribution >= 0.6 is 0 Å². The lowest BCUT2D eigenvalue weighted by molar-refractivity contribution is 0.112. The average Bonchev–Trinajstić information content (AvgIpc) is 2.67. The molecule has 0 saturated carbocycles. The molecule has 0 fully saturated rings. The molecule has 0 aliphatic carbocycles. The van der Waals surface area contributed by atoms with Gasteiger partial charge in [-0.3, -0.25) is 4.79 Å². The maximum atomic E-state index is 10.7. The Hall–Kier alpha value is -3.27. The summed E-state index contributed by atoms with van der Waals surface area (Å²) in [7, 11) is 1.65. The highest BCUT2D eigenvalue weighted by Crippen LogP contribution is 2.25. The van der Waals surface area contributed by atoms with Crippen LogP contribution in [-0.4, -0.2) is 18.5 Å². The summed E-state index contributed by atoms with van der Waals surface area (Å²) in [5, 5.41) is 9.67. The molecule has 0 bridgehead atoms. The number of ether oxygens (including phenoxy) is 2. The number of phenolic OH excluding ortho intramolecular Hbond substituents is 1. The van der Waals surface area contributed by atoms with Gasteiger partial charge >= 0.3 is 0 Å². The van der Waals surface area contributed by atoms with Crippen LogP contribution in [0.3, 0.4) is 0 Å². The molecule has 4 heteroatoms. The Morgan fingerprint density at radius 1 is 0.923 bits per heavy atom. The molecule has 0 saturated heterocycles. The minimum Gasteiger partial charge on any atom is -0.507 e. The van der Waals surface area contributed by atoms with Crippen molar-refractivity contribution in [3.63, 3.8) is 0 Å². The van der Waals surface area contributed by atoms with Gasteiger partial charge in [-0.2, -0.15) is 0 Å². The molecule has 3 rings (SSSR count). The summed E-state index contributed by atoms with van der Waals surface area (Å²) >= 11 is 0. The normalized spacial score (nSPS) is 9.88. The SMILES string of the molecule is C.COc1cccc(-c2ccc(COc3ccc(C=O)c(O)c3)cc2)c1. The molecule has 134 valence electrons. The fraction of sp³-hybridized carbons (Fsp3) is 0.136. The van der Waals surface area contributed by atoms with E-state index in [1.54, 1.807) is 13.2 Å². The lowest BCUT2D eigenvalue weighted by atomic mass is 10.0. The van der Waals surface area contributed by atoms with Crippen molar-refractivity contribution in [2.45, 2.75) is 14.0 Å². The van der Waals surface area contributed by atoms with E-state index < -0.39 is 0 Å². The number of aromatic hydroxyl groups is 1. The summed E-state index contributed by atoms with van der Waals surface area (Å²) in [5.74, 6) is 1.25. The first-order chi connectivity index (χ1) is 12.2. The zero-order valence-electron chi connectivity index (χ0n) is 13.8. The molecule has 4 nitrogen and oxygen atoms in total. The molecular formula is C22H22O4. The van der Waals surface area contributed by atoms with Gasteiger partial charge in [0, 0.05) is 6.07 Å². The second-order valence-corrected chi connectivity index (χ2v) is 5.56. The zero-order valence-corrected chi connectivity index (χ0v) is 13.8. The molecule has 0 radical (unpaired) electrons. The van der Waals surface area contributed by atoms with Gasteiger partial charge in [-0.25, -0.2) is 0 Å². The minimum atomic E-state index is -0.0825. The molecular weight excluding hydrogens is 328 g/mol. The number of phenols is 1. The Bertz CT molecular complexity index is 870. The molecule has 3 aromatic carbocycles. The maximum Gasteiger partial charge on any atom is 0.153 e. The van der Waals surface area contributed by atoms with Crippen molar-refractivity contribution in [3.05, 3.63) is 77.9 Å². The van der Waals surface area contributed by atoms with E-state index in [1.807, 2.05) is 48.5 Å². The van der Waals surface area contributed by atoms with E-state index in [0.717, 1.165) is 22.4 Å². The number of rotatable bonds is 6. The third-order valence-corrected chi connectivity index (χ3v) is 3.89. The molecule has 0 aliphatic heterocycles. The summed E-state index contributed by atoms with van der Waals surface area (Å²) in [6.45, 7) is 0.373. The van der Waals surface area contributed by atoms with Crippen molar-refractivity contribution >= 4 is 6.29 Å². The third-order valence-electron chi connectivity index (χ3n) is 3.89. The van der Waals surface area contributed by atoms with E-state index in [1.165, 1.54) is 12.1 Å². The highest BCUT2D eigenvalue weighted by molar-refractivity contribution is 5.79. The van der Waals surface area contributed by atoms with Crippen LogP contribution in [-0.2, 0) is 6.61 Å². The van der Waals surface area contributed by atoms with E-state index in [4.69, 9.17) is 9.47 Å². The summed E-state index contributed by atoms with van der Waals surface area (Å²) in [4.78, 5) is 10.7. The lowest BCUT2D eigenvalue weighted by Crippen LogP contribution is -1.96.